The number of likely N-dealkylation sites (tertiary alicyclic amines) is 1. The lowest BCUT2D eigenvalue weighted by molar-refractivity contribution is 0.0996. The zero-order valence-corrected chi connectivity index (χ0v) is 25.1. The number of rotatable bonds is 9. The first-order valence-corrected chi connectivity index (χ1v) is 15.9. The van der Waals surface area contributed by atoms with E-state index in [0.717, 1.165) is 23.4 Å². The summed E-state index contributed by atoms with van der Waals surface area (Å²) in [5.74, 6) is -1.31. The third-order valence-corrected chi connectivity index (χ3v) is 8.56. The van der Waals surface area contributed by atoms with Gasteiger partial charge in [-0.05, 0) is 78.6 Å². The third kappa shape index (κ3) is 8.19. The molecule has 13 heteroatoms. The summed E-state index contributed by atoms with van der Waals surface area (Å²) in [6, 6.07) is 18.5. The largest absolute Gasteiger partial charge is 0.439 e. The van der Waals surface area contributed by atoms with Gasteiger partial charge in [0.2, 0.25) is 5.88 Å². The first-order valence-electron chi connectivity index (χ1n) is 14.0. The van der Waals surface area contributed by atoms with Gasteiger partial charge in [0.15, 0.2) is 9.84 Å². The molecule has 234 valence electrons. The number of ether oxygens (including phenoxy) is 1. The summed E-state index contributed by atoms with van der Waals surface area (Å²) in [4.78, 5) is 31.0. The molecule has 45 heavy (non-hydrogen) atoms. The van der Waals surface area contributed by atoms with Crippen molar-refractivity contribution in [3.63, 3.8) is 0 Å². The van der Waals surface area contributed by atoms with Gasteiger partial charge in [0.1, 0.15) is 17.4 Å². The Morgan fingerprint density at radius 2 is 1.82 bits per heavy atom. The number of aromatic nitrogens is 1. The first-order chi connectivity index (χ1) is 21.4. The summed E-state index contributed by atoms with van der Waals surface area (Å²) in [6.07, 6.45) is 3.92. The van der Waals surface area contributed by atoms with Crippen LogP contribution in [0.1, 0.15) is 40.4 Å². The molecule has 1 aliphatic rings. The van der Waals surface area contributed by atoms with E-state index in [1.54, 1.807) is 30.5 Å². The van der Waals surface area contributed by atoms with Gasteiger partial charge in [-0.25, -0.2) is 27.0 Å². The van der Waals surface area contributed by atoms with E-state index in [0.29, 0.717) is 37.6 Å². The number of anilines is 1. The Labute approximate surface area is 259 Å². The van der Waals surface area contributed by atoms with Gasteiger partial charge in [0.25, 0.3) is 5.91 Å². The Morgan fingerprint density at radius 3 is 2.49 bits per heavy atom. The van der Waals surface area contributed by atoms with Crippen LogP contribution < -0.4 is 21.1 Å². The van der Waals surface area contributed by atoms with Gasteiger partial charge in [-0.1, -0.05) is 18.2 Å². The molecule has 3 aromatic carbocycles. The van der Waals surface area contributed by atoms with Crippen molar-refractivity contribution in [1.82, 2.24) is 15.2 Å². The molecule has 4 aromatic rings. The van der Waals surface area contributed by atoms with Crippen molar-refractivity contribution in [2.45, 2.75) is 36.4 Å². The van der Waals surface area contributed by atoms with Crippen molar-refractivity contribution >= 4 is 27.5 Å². The van der Waals surface area contributed by atoms with Crippen LogP contribution in [0.2, 0.25) is 0 Å². The molecule has 1 aromatic heterocycles. The number of carbonyl (C=O) groups is 2. The number of sulfone groups is 1. The lowest BCUT2D eigenvalue weighted by Gasteiger charge is -2.40. The van der Waals surface area contributed by atoms with Crippen molar-refractivity contribution in [3.05, 3.63) is 113 Å². The number of nitrogens with one attached hydrogen (secondary N) is 2. The zero-order chi connectivity index (χ0) is 32.1. The van der Waals surface area contributed by atoms with E-state index in [-0.39, 0.29) is 34.0 Å². The molecule has 0 radical (unpaired) electrons. The van der Waals surface area contributed by atoms with E-state index in [9.17, 15) is 26.8 Å². The molecule has 3 amide bonds. The van der Waals surface area contributed by atoms with Crippen LogP contribution >= 0.6 is 0 Å². The van der Waals surface area contributed by atoms with Gasteiger partial charge in [0.05, 0.1) is 10.5 Å². The summed E-state index contributed by atoms with van der Waals surface area (Å²) >= 11 is 0. The molecule has 10 nitrogen and oxygen atoms in total. The maximum absolute atomic E-state index is 14.2. The minimum atomic E-state index is -3.31. The van der Waals surface area contributed by atoms with Crippen LogP contribution in [0.3, 0.4) is 0 Å². The summed E-state index contributed by atoms with van der Waals surface area (Å²) in [5, 5.41) is 5.54. The zero-order valence-electron chi connectivity index (χ0n) is 24.2. The number of benzene rings is 3. The molecule has 1 aliphatic heterocycles. The lowest BCUT2D eigenvalue weighted by Crippen LogP contribution is -2.47. The number of amides is 3. The standard InChI is InChI=1S/C32H31F2N5O5S/c1-45(42,43)26-9-7-25(8-10-26)44-30-12-5-20(18-36-30)19-39-14-13-24(17-29(39)21-3-2-4-22(33)15-21)38-32(41)37-23-6-11-28(34)27(16-23)31(35)40/h2-12,15-16,18,24,29H,13-14,17,19H2,1H3,(H2,35,40)(H2,37,38,41). The van der Waals surface area contributed by atoms with Gasteiger partial charge in [-0.3, -0.25) is 9.69 Å². The summed E-state index contributed by atoms with van der Waals surface area (Å²) < 4.78 is 57.2. The van der Waals surface area contributed by atoms with Crippen LogP contribution in [0.25, 0.3) is 0 Å². The van der Waals surface area contributed by atoms with E-state index in [4.69, 9.17) is 10.5 Å². The van der Waals surface area contributed by atoms with Gasteiger partial charge < -0.3 is 21.1 Å². The number of carbonyl (C=O) groups excluding carboxylic acids is 2. The molecule has 0 bridgehead atoms. The number of nitrogens with zero attached hydrogens (tertiary/aromatic N) is 2. The van der Waals surface area contributed by atoms with Gasteiger partial charge in [-0.15, -0.1) is 0 Å². The number of pyridine rings is 1. The van der Waals surface area contributed by atoms with Crippen LogP contribution in [0.5, 0.6) is 11.6 Å². The molecule has 2 atom stereocenters. The van der Waals surface area contributed by atoms with Crippen molar-refractivity contribution in [3.8, 4) is 11.6 Å². The fraction of sp³-hybridized carbons (Fsp3) is 0.219. The summed E-state index contributed by atoms with van der Waals surface area (Å²) in [7, 11) is -3.31. The topological polar surface area (TPSA) is 144 Å². The van der Waals surface area contributed by atoms with E-state index < -0.39 is 27.6 Å². The minimum absolute atomic E-state index is 0.192. The highest BCUT2D eigenvalue weighted by Gasteiger charge is 2.31. The third-order valence-electron chi connectivity index (χ3n) is 7.43. The molecule has 0 saturated carbocycles. The predicted molar refractivity (Wildman–Crippen MR) is 164 cm³/mol. The first kappa shape index (κ1) is 31.5. The number of urea groups is 1. The number of piperidine rings is 1. The van der Waals surface area contributed by atoms with Crippen molar-refractivity contribution in [2.75, 3.05) is 18.1 Å². The van der Waals surface area contributed by atoms with E-state index >= 15 is 0 Å². The van der Waals surface area contributed by atoms with Crippen molar-refractivity contribution in [2.24, 2.45) is 5.73 Å². The second-order valence-electron chi connectivity index (χ2n) is 10.8. The number of nitrogens with two attached hydrogens (primary N) is 1. The Hall–Kier alpha value is -4.88. The molecule has 2 heterocycles. The minimum Gasteiger partial charge on any atom is -0.439 e. The smallest absolute Gasteiger partial charge is 0.319 e. The highest BCUT2D eigenvalue weighted by atomic mass is 32.2. The van der Waals surface area contributed by atoms with E-state index in [2.05, 4.69) is 20.5 Å². The van der Waals surface area contributed by atoms with E-state index in [1.807, 2.05) is 12.1 Å². The molecule has 1 fully saturated rings. The van der Waals surface area contributed by atoms with Crippen molar-refractivity contribution < 1.29 is 31.5 Å². The normalized spacial score (nSPS) is 17.0. The van der Waals surface area contributed by atoms with Crippen LogP contribution in [0, 0.1) is 11.6 Å². The lowest BCUT2D eigenvalue weighted by atomic mass is 9.91. The Morgan fingerprint density at radius 1 is 1.04 bits per heavy atom. The van der Waals surface area contributed by atoms with Gasteiger partial charge in [-0.2, -0.15) is 0 Å². The molecular formula is C32H31F2N5O5S. The van der Waals surface area contributed by atoms with Crippen LogP contribution in [0.15, 0.2) is 90.0 Å². The average molecular weight is 636 g/mol. The fourth-order valence-corrected chi connectivity index (χ4v) is 5.84. The Balaban J connectivity index is 1.24. The molecule has 2 unspecified atom stereocenters. The van der Waals surface area contributed by atoms with Crippen LogP contribution in [0.4, 0.5) is 19.3 Å². The van der Waals surface area contributed by atoms with E-state index in [1.165, 1.54) is 36.4 Å². The van der Waals surface area contributed by atoms with Gasteiger partial charge >= 0.3 is 6.03 Å². The quantitative estimate of drug-likeness (QED) is 0.230. The number of primary amides is 1. The number of hydrogen-bond donors (Lipinski definition) is 3. The monoisotopic (exact) mass is 635 g/mol. The fourth-order valence-electron chi connectivity index (χ4n) is 5.21. The molecule has 0 spiro atoms. The highest BCUT2D eigenvalue weighted by molar-refractivity contribution is 7.90. The van der Waals surface area contributed by atoms with Crippen LogP contribution in [-0.4, -0.2) is 49.1 Å². The summed E-state index contributed by atoms with van der Waals surface area (Å²) in [5.41, 5.74) is 6.74. The number of halogens is 2. The molecule has 0 aliphatic carbocycles. The highest BCUT2D eigenvalue weighted by Crippen LogP contribution is 2.33. The molecule has 5 rings (SSSR count). The maximum atomic E-state index is 14.2. The van der Waals surface area contributed by atoms with Gasteiger partial charge in [0, 0.05) is 49.4 Å². The summed E-state index contributed by atoms with van der Waals surface area (Å²) in [6.45, 7) is 1.08. The molecule has 4 N–H and O–H groups in total. The Bertz CT molecular complexity index is 1800. The Kier molecular flexibility index (Phi) is 9.40. The number of hydrogen-bond acceptors (Lipinski definition) is 7. The predicted octanol–water partition coefficient (Wildman–Crippen LogP) is 5.18. The molecule has 1 saturated heterocycles. The molecular weight excluding hydrogens is 604 g/mol. The second kappa shape index (κ2) is 13.4. The SMILES string of the molecule is CS(=O)(=O)c1ccc(Oc2ccc(CN3CCC(NC(=O)Nc4ccc(F)c(C(N)=O)c4)CC3c3cccc(F)c3)cn2)cc1. The maximum Gasteiger partial charge on any atom is 0.319 e. The van der Waals surface area contributed by atoms with Crippen molar-refractivity contribution in [1.29, 1.82) is 0 Å². The van der Waals surface area contributed by atoms with Crippen LogP contribution in [-0.2, 0) is 16.4 Å². The average Bonchev–Trinajstić information content (AvgIpc) is 2.99. The second-order valence-corrected chi connectivity index (χ2v) is 12.8.